The van der Waals surface area contributed by atoms with E-state index in [1.54, 1.807) is 6.07 Å². The molecule has 0 bridgehead atoms. The Morgan fingerprint density at radius 3 is 3.24 bits per heavy atom. The van der Waals surface area contributed by atoms with E-state index in [2.05, 4.69) is 16.7 Å². The van der Waals surface area contributed by atoms with Crippen LogP contribution < -0.4 is 10.6 Å². The van der Waals surface area contributed by atoms with Crippen LogP contribution in [-0.2, 0) is 0 Å². The van der Waals surface area contributed by atoms with E-state index in [1.165, 1.54) is 12.1 Å². The third-order valence-electron chi connectivity index (χ3n) is 3.01. The maximum atomic E-state index is 13.3. The van der Waals surface area contributed by atoms with E-state index in [0.717, 1.165) is 25.9 Å². The van der Waals surface area contributed by atoms with Gasteiger partial charge in [0.2, 0.25) is 0 Å². The smallest absolute Gasteiger partial charge is 0.254 e. The highest BCUT2D eigenvalue weighted by molar-refractivity contribution is 5.94. The van der Waals surface area contributed by atoms with Crippen LogP contribution in [0.4, 0.5) is 4.39 Å². The normalized spacial score (nSPS) is 19.9. The van der Waals surface area contributed by atoms with E-state index in [0.29, 0.717) is 12.5 Å². The highest BCUT2D eigenvalue weighted by atomic mass is 19.1. The van der Waals surface area contributed by atoms with Crippen LogP contribution in [0.1, 0.15) is 23.2 Å². The van der Waals surface area contributed by atoms with Crippen molar-refractivity contribution in [3.05, 3.63) is 35.6 Å². The molecule has 1 atom stereocenters. The quantitative estimate of drug-likeness (QED) is 0.830. The molecule has 91 valence electrons. The maximum absolute atomic E-state index is 13.3. The fraction of sp³-hybridized carbons (Fsp3) is 0.462. The van der Waals surface area contributed by atoms with Crippen LogP contribution in [0.2, 0.25) is 0 Å². The number of hydrogen-bond donors (Lipinski definition) is 2. The van der Waals surface area contributed by atoms with Crippen molar-refractivity contribution in [2.75, 3.05) is 19.6 Å². The van der Waals surface area contributed by atoms with E-state index < -0.39 is 5.82 Å². The summed E-state index contributed by atoms with van der Waals surface area (Å²) in [4.78, 5) is 11.7. The van der Waals surface area contributed by atoms with Gasteiger partial charge in [-0.2, -0.15) is 0 Å². The molecule has 1 aromatic carbocycles. The third kappa shape index (κ3) is 3.27. The number of benzene rings is 1. The van der Waals surface area contributed by atoms with Gasteiger partial charge in [0, 0.05) is 6.54 Å². The standard InChI is InChI=1S/C13H16FN2O/c14-12-6-2-1-5-11(12)13(17)16-9-10-4-3-7-15-8-10/h1,5-6,10,15H,3-4,7-9H2,(H,16,17)/t10-/m1/s1. The molecule has 0 saturated carbocycles. The van der Waals surface area contributed by atoms with Gasteiger partial charge in [-0.15, -0.1) is 0 Å². The molecule has 0 spiro atoms. The first-order valence-corrected chi connectivity index (χ1v) is 5.92. The number of carbonyl (C=O) groups excluding carboxylic acids is 1. The Kier molecular flexibility index (Phi) is 4.09. The zero-order valence-corrected chi connectivity index (χ0v) is 9.63. The Morgan fingerprint density at radius 2 is 2.53 bits per heavy atom. The summed E-state index contributed by atoms with van der Waals surface area (Å²) in [6.45, 7) is 2.57. The van der Waals surface area contributed by atoms with E-state index >= 15 is 0 Å². The summed E-state index contributed by atoms with van der Waals surface area (Å²) >= 11 is 0. The van der Waals surface area contributed by atoms with Gasteiger partial charge in [0.05, 0.1) is 5.56 Å². The maximum Gasteiger partial charge on any atom is 0.254 e. The van der Waals surface area contributed by atoms with Gasteiger partial charge in [0.25, 0.3) is 5.91 Å². The molecule has 1 aliphatic heterocycles. The van der Waals surface area contributed by atoms with Gasteiger partial charge in [-0.3, -0.25) is 4.79 Å². The van der Waals surface area contributed by atoms with E-state index in [1.807, 2.05) is 0 Å². The van der Waals surface area contributed by atoms with E-state index in [4.69, 9.17) is 0 Å². The van der Waals surface area contributed by atoms with Crippen LogP contribution >= 0.6 is 0 Å². The molecule has 1 saturated heterocycles. The highest BCUT2D eigenvalue weighted by Gasteiger charge is 2.15. The first-order chi connectivity index (χ1) is 8.27. The molecule has 0 aromatic heterocycles. The largest absolute Gasteiger partial charge is 0.352 e. The van der Waals surface area contributed by atoms with Crippen LogP contribution in [0.25, 0.3) is 0 Å². The predicted octanol–water partition coefficient (Wildman–Crippen LogP) is 1.36. The molecule has 1 heterocycles. The topological polar surface area (TPSA) is 41.1 Å². The molecule has 4 heteroatoms. The number of rotatable bonds is 3. The van der Waals surface area contributed by atoms with Gasteiger partial charge in [0.1, 0.15) is 5.82 Å². The molecule has 2 N–H and O–H groups in total. The molecule has 2 rings (SSSR count). The van der Waals surface area contributed by atoms with Crippen molar-refractivity contribution in [1.82, 2.24) is 10.6 Å². The Morgan fingerprint density at radius 1 is 1.65 bits per heavy atom. The molecule has 0 aliphatic carbocycles. The second-order valence-electron chi connectivity index (χ2n) is 4.33. The molecule has 17 heavy (non-hydrogen) atoms. The van der Waals surface area contributed by atoms with Crippen molar-refractivity contribution in [2.45, 2.75) is 12.8 Å². The zero-order chi connectivity index (χ0) is 12.1. The SMILES string of the molecule is O=C(NC[C@@H]1CCCNC1)c1cc[c]cc1F. The van der Waals surface area contributed by atoms with Crippen molar-refractivity contribution >= 4 is 5.91 Å². The first kappa shape index (κ1) is 12.0. The monoisotopic (exact) mass is 235 g/mol. The van der Waals surface area contributed by atoms with Crippen molar-refractivity contribution in [3.63, 3.8) is 0 Å². The van der Waals surface area contributed by atoms with Crippen molar-refractivity contribution in [2.24, 2.45) is 5.92 Å². The van der Waals surface area contributed by atoms with Gasteiger partial charge in [-0.05, 0) is 50.0 Å². The van der Waals surface area contributed by atoms with Crippen molar-refractivity contribution in [1.29, 1.82) is 0 Å². The van der Waals surface area contributed by atoms with Crippen LogP contribution in [0, 0.1) is 17.8 Å². The Hall–Kier alpha value is -1.42. The minimum absolute atomic E-state index is 0.0903. The summed E-state index contributed by atoms with van der Waals surface area (Å²) in [7, 11) is 0. The van der Waals surface area contributed by atoms with Crippen LogP contribution in [0.15, 0.2) is 18.2 Å². The Labute approximate surface area is 100 Å². The second-order valence-corrected chi connectivity index (χ2v) is 4.33. The fourth-order valence-electron chi connectivity index (χ4n) is 2.02. The lowest BCUT2D eigenvalue weighted by atomic mass is 9.99. The average molecular weight is 235 g/mol. The molecule has 1 amide bonds. The minimum Gasteiger partial charge on any atom is -0.352 e. The van der Waals surface area contributed by atoms with Gasteiger partial charge in [-0.1, -0.05) is 6.07 Å². The van der Waals surface area contributed by atoms with Crippen LogP contribution in [0.5, 0.6) is 0 Å². The summed E-state index contributed by atoms with van der Waals surface area (Å²) in [6, 6.07) is 6.76. The summed E-state index contributed by atoms with van der Waals surface area (Å²) in [5, 5.41) is 6.06. The van der Waals surface area contributed by atoms with Gasteiger partial charge in [-0.25, -0.2) is 4.39 Å². The first-order valence-electron chi connectivity index (χ1n) is 5.92. The molecule has 1 aromatic rings. The zero-order valence-electron chi connectivity index (χ0n) is 9.63. The van der Waals surface area contributed by atoms with Crippen molar-refractivity contribution in [3.8, 4) is 0 Å². The number of piperidine rings is 1. The van der Waals surface area contributed by atoms with E-state index in [-0.39, 0.29) is 11.5 Å². The summed E-state index contributed by atoms with van der Waals surface area (Å²) in [6.07, 6.45) is 2.24. The van der Waals surface area contributed by atoms with Crippen LogP contribution in [0.3, 0.4) is 0 Å². The lowest BCUT2D eigenvalue weighted by molar-refractivity contribution is 0.0941. The van der Waals surface area contributed by atoms with Gasteiger partial charge >= 0.3 is 0 Å². The molecule has 1 fully saturated rings. The molecule has 1 aliphatic rings. The Bertz CT molecular complexity index is 389. The van der Waals surface area contributed by atoms with Crippen molar-refractivity contribution < 1.29 is 9.18 Å². The summed E-state index contributed by atoms with van der Waals surface area (Å²) < 4.78 is 13.3. The minimum atomic E-state index is -0.522. The predicted molar refractivity (Wildman–Crippen MR) is 63.2 cm³/mol. The number of amides is 1. The average Bonchev–Trinajstić information content (AvgIpc) is 2.38. The summed E-state index contributed by atoms with van der Waals surface area (Å²) in [5.41, 5.74) is 0.0903. The molecule has 3 nitrogen and oxygen atoms in total. The number of hydrogen-bond acceptors (Lipinski definition) is 2. The lowest BCUT2D eigenvalue weighted by Crippen LogP contribution is -2.38. The van der Waals surface area contributed by atoms with E-state index in [9.17, 15) is 9.18 Å². The molecular weight excluding hydrogens is 219 g/mol. The van der Waals surface area contributed by atoms with Crippen LogP contribution in [-0.4, -0.2) is 25.5 Å². The highest BCUT2D eigenvalue weighted by Crippen LogP contribution is 2.09. The number of carbonyl (C=O) groups is 1. The number of halogens is 1. The lowest BCUT2D eigenvalue weighted by Gasteiger charge is -2.22. The molecule has 1 radical (unpaired) electrons. The number of nitrogens with one attached hydrogen (secondary N) is 2. The second kappa shape index (κ2) is 5.77. The third-order valence-corrected chi connectivity index (χ3v) is 3.01. The molecule has 0 unspecified atom stereocenters. The fourth-order valence-corrected chi connectivity index (χ4v) is 2.02. The summed E-state index contributed by atoms with van der Waals surface area (Å²) in [5.74, 6) is -0.417. The molecular formula is C13H16FN2O. The Balaban J connectivity index is 1.87. The van der Waals surface area contributed by atoms with Gasteiger partial charge in [0.15, 0.2) is 0 Å². The van der Waals surface area contributed by atoms with Gasteiger partial charge < -0.3 is 10.6 Å².